The van der Waals surface area contributed by atoms with E-state index in [2.05, 4.69) is 0 Å². The minimum atomic E-state index is -4.16. The summed E-state index contributed by atoms with van der Waals surface area (Å²) < 4.78 is 33.2. The molecule has 0 radical (unpaired) electrons. The number of hydrogen-bond donors (Lipinski definition) is 1. The van der Waals surface area contributed by atoms with E-state index in [1.54, 1.807) is 0 Å². The van der Waals surface area contributed by atoms with Crippen LogP contribution in [-0.2, 0) is 21.4 Å². The lowest BCUT2D eigenvalue weighted by molar-refractivity contribution is -0.387. The highest BCUT2D eigenvalue weighted by Gasteiger charge is 2.45. The Labute approximate surface area is 191 Å². The highest BCUT2D eigenvalue weighted by molar-refractivity contribution is 7.89. The molecule has 4 rings (SSSR count). The maximum atomic E-state index is 13.3. The normalized spacial score (nSPS) is 20.7. The van der Waals surface area contributed by atoms with Crippen LogP contribution >= 0.6 is 0 Å². The molecular formula is C22H25N3O7S. The van der Waals surface area contributed by atoms with Crippen molar-refractivity contribution < 1.29 is 28.0 Å². The highest BCUT2D eigenvalue weighted by atomic mass is 32.2. The number of sulfonamides is 1. The van der Waals surface area contributed by atoms with Crippen molar-refractivity contribution in [2.45, 2.75) is 36.5 Å². The van der Waals surface area contributed by atoms with E-state index in [0.29, 0.717) is 12.8 Å². The van der Waals surface area contributed by atoms with Crippen LogP contribution < -0.4 is 0 Å². The summed E-state index contributed by atoms with van der Waals surface area (Å²) in [5.41, 5.74) is 0.346. The van der Waals surface area contributed by atoms with Crippen molar-refractivity contribution >= 4 is 21.8 Å². The summed E-state index contributed by atoms with van der Waals surface area (Å²) in [5.74, 6) is -0.535. The number of likely N-dealkylation sites (tertiary alicyclic amines) is 1. The number of benzene rings is 2. The number of amides is 1. The Bertz CT molecular complexity index is 1120. The molecule has 0 spiro atoms. The third-order valence-electron chi connectivity index (χ3n) is 5.89. The molecule has 2 atom stereocenters. The number of rotatable bonds is 8. The van der Waals surface area contributed by atoms with Crippen LogP contribution in [0.1, 0.15) is 18.4 Å². The van der Waals surface area contributed by atoms with Gasteiger partial charge in [-0.3, -0.25) is 10.1 Å². The number of hydrogen-bond acceptors (Lipinski definition) is 7. The quantitative estimate of drug-likeness (QED) is 0.458. The topological polar surface area (TPSA) is 130 Å². The monoisotopic (exact) mass is 475 g/mol. The van der Waals surface area contributed by atoms with Crippen LogP contribution in [0, 0.1) is 16.0 Å². The van der Waals surface area contributed by atoms with Crippen LogP contribution in [0.25, 0.3) is 0 Å². The molecule has 2 aromatic rings. The predicted octanol–water partition coefficient (Wildman–Crippen LogP) is 2.38. The molecule has 1 N–H and O–H groups in total. The van der Waals surface area contributed by atoms with Crippen LogP contribution in [-0.4, -0.2) is 65.5 Å². The third kappa shape index (κ3) is 5.15. The number of nitrogens with zero attached hydrogens (tertiary/aromatic N) is 3. The van der Waals surface area contributed by atoms with E-state index < -0.39 is 38.7 Å². The molecule has 176 valence electrons. The Morgan fingerprint density at radius 1 is 1.12 bits per heavy atom. The van der Waals surface area contributed by atoms with E-state index in [4.69, 9.17) is 4.74 Å². The summed E-state index contributed by atoms with van der Waals surface area (Å²) in [6, 6.07) is 14.2. The van der Waals surface area contributed by atoms with Gasteiger partial charge in [0.05, 0.1) is 17.6 Å². The first-order valence-electron chi connectivity index (χ1n) is 10.7. The van der Waals surface area contributed by atoms with Crippen LogP contribution in [0.15, 0.2) is 59.5 Å². The van der Waals surface area contributed by atoms with E-state index in [1.807, 2.05) is 30.3 Å². The Kier molecular flexibility index (Phi) is 6.63. The van der Waals surface area contributed by atoms with Gasteiger partial charge in [0.25, 0.3) is 5.69 Å². The second-order valence-electron chi connectivity index (χ2n) is 8.30. The Morgan fingerprint density at radius 3 is 2.45 bits per heavy atom. The Morgan fingerprint density at radius 2 is 1.79 bits per heavy atom. The van der Waals surface area contributed by atoms with Crippen molar-refractivity contribution in [3.8, 4) is 0 Å². The predicted molar refractivity (Wildman–Crippen MR) is 118 cm³/mol. The molecule has 2 aromatic carbocycles. The second kappa shape index (κ2) is 9.46. The van der Waals surface area contributed by atoms with Gasteiger partial charge in [0.2, 0.25) is 10.0 Å². The number of carbonyl (C=O) groups is 1. The average molecular weight is 476 g/mol. The minimum Gasteiger partial charge on any atom is -0.445 e. The van der Waals surface area contributed by atoms with Gasteiger partial charge >= 0.3 is 6.09 Å². The molecule has 1 amide bonds. The summed E-state index contributed by atoms with van der Waals surface area (Å²) in [7, 11) is -4.16. The summed E-state index contributed by atoms with van der Waals surface area (Å²) in [6.07, 6.45) is -0.229. The van der Waals surface area contributed by atoms with Crippen LogP contribution in [0.4, 0.5) is 10.5 Å². The number of carbonyl (C=O) groups excluding carboxylic acids is 1. The lowest BCUT2D eigenvalue weighted by Gasteiger charge is -2.26. The van der Waals surface area contributed by atoms with Gasteiger partial charge in [-0.15, -0.1) is 0 Å². The van der Waals surface area contributed by atoms with Crippen molar-refractivity contribution in [3.63, 3.8) is 0 Å². The van der Waals surface area contributed by atoms with Gasteiger partial charge < -0.3 is 14.7 Å². The van der Waals surface area contributed by atoms with Crippen LogP contribution in [0.2, 0.25) is 0 Å². The lowest BCUT2D eigenvalue weighted by Crippen LogP contribution is -2.40. The van der Waals surface area contributed by atoms with Gasteiger partial charge in [-0.05, 0) is 24.5 Å². The van der Waals surface area contributed by atoms with Crippen molar-refractivity contribution in [1.29, 1.82) is 0 Å². The zero-order valence-electron chi connectivity index (χ0n) is 17.8. The molecule has 2 aliphatic rings. The molecule has 33 heavy (non-hydrogen) atoms. The van der Waals surface area contributed by atoms with Crippen molar-refractivity contribution in [2.24, 2.45) is 5.92 Å². The van der Waals surface area contributed by atoms with E-state index in [0.717, 1.165) is 11.6 Å². The lowest BCUT2D eigenvalue weighted by atomic mass is 10.1. The van der Waals surface area contributed by atoms with Crippen molar-refractivity contribution in [2.75, 3.05) is 19.6 Å². The van der Waals surface area contributed by atoms with E-state index in [9.17, 15) is 28.4 Å². The number of nitro benzene ring substituents is 1. The van der Waals surface area contributed by atoms with E-state index >= 15 is 0 Å². The van der Waals surface area contributed by atoms with Crippen LogP contribution in [0.3, 0.4) is 0 Å². The van der Waals surface area contributed by atoms with Gasteiger partial charge in [-0.25, -0.2) is 13.2 Å². The molecule has 1 aliphatic carbocycles. The summed E-state index contributed by atoms with van der Waals surface area (Å²) >= 11 is 0. The average Bonchev–Trinajstić information content (AvgIpc) is 3.58. The largest absolute Gasteiger partial charge is 0.445 e. The second-order valence-corrected chi connectivity index (χ2v) is 10.2. The van der Waals surface area contributed by atoms with Gasteiger partial charge in [-0.2, -0.15) is 4.31 Å². The number of β-amino-alcohol motifs (C(OH)–C–C–N with tert-alkyl or cyclic N) is 1. The minimum absolute atomic E-state index is 0.0301. The molecule has 1 saturated carbocycles. The molecule has 1 heterocycles. The number of aliphatic hydroxyl groups is 1. The maximum Gasteiger partial charge on any atom is 0.410 e. The standard InChI is InChI=1S/C22H25N3O7S/c26-20-14-23(22(27)32-15-16-6-2-1-3-7-16)12-17(20)13-24(18-10-11-18)33(30,31)21-9-5-4-8-19(21)25(28)29/h1-9,17-18,20,26H,10-15H2/t17-,20-/m0/s1. The molecule has 10 nitrogen and oxygen atoms in total. The van der Waals surface area contributed by atoms with Gasteiger partial charge in [0.15, 0.2) is 4.90 Å². The number of ether oxygens (including phenoxy) is 1. The fourth-order valence-corrected chi connectivity index (χ4v) is 5.88. The molecule has 0 bridgehead atoms. The SMILES string of the molecule is O=C(OCc1ccccc1)N1C[C@@H](CN(C2CC2)S(=O)(=O)c2ccccc2[N+](=O)[O-])[C@@H](O)C1. The van der Waals surface area contributed by atoms with Crippen molar-refractivity contribution in [3.05, 3.63) is 70.3 Å². The number of aliphatic hydroxyl groups excluding tert-OH is 1. The molecular weight excluding hydrogens is 450 g/mol. The summed E-state index contributed by atoms with van der Waals surface area (Å²) in [6.45, 7) is 0.215. The maximum absolute atomic E-state index is 13.3. The Balaban J connectivity index is 1.45. The number of para-hydroxylation sites is 1. The third-order valence-corrected chi connectivity index (χ3v) is 7.85. The first-order valence-corrected chi connectivity index (χ1v) is 12.1. The fraction of sp³-hybridized carbons (Fsp3) is 0.409. The van der Waals surface area contributed by atoms with E-state index in [-0.39, 0.29) is 37.2 Å². The first-order chi connectivity index (χ1) is 15.8. The summed E-state index contributed by atoms with van der Waals surface area (Å²) in [5, 5.41) is 21.9. The van der Waals surface area contributed by atoms with Crippen molar-refractivity contribution in [1.82, 2.24) is 9.21 Å². The molecule has 0 unspecified atom stereocenters. The van der Waals surface area contributed by atoms with Crippen LogP contribution in [0.5, 0.6) is 0 Å². The number of nitro groups is 1. The zero-order chi connectivity index (χ0) is 23.6. The smallest absolute Gasteiger partial charge is 0.410 e. The van der Waals surface area contributed by atoms with E-state index in [1.165, 1.54) is 27.4 Å². The first kappa shape index (κ1) is 23.1. The Hall–Kier alpha value is -3.02. The van der Waals surface area contributed by atoms with Gasteiger partial charge in [0, 0.05) is 31.1 Å². The molecule has 0 aromatic heterocycles. The molecule has 1 saturated heterocycles. The fourth-order valence-electron chi connectivity index (χ4n) is 3.98. The highest BCUT2D eigenvalue weighted by Crippen LogP contribution is 2.36. The zero-order valence-corrected chi connectivity index (χ0v) is 18.6. The molecule has 11 heteroatoms. The molecule has 1 aliphatic heterocycles. The van der Waals surface area contributed by atoms with Gasteiger partial charge in [0.1, 0.15) is 6.61 Å². The molecule has 2 fully saturated rings. The van der Waals surface area contributed by atoms with Gasteiger partial charge in [-0.1, -0.05) is 42.5 Å². The summed E-state index contributed by atoms with van der Waals surface area (Å²) in [4.78, 5) is 24.1.